The molecule has 0 spiro atoms. The molecule has 2 nitrogen and oxygen atoms in total. The van der Waals surface area contributed by atoms with E-state index in [1.807, 2.05) is 11.7 Å². The Kier molecular flexibility index (Phi) is 4.79. The quantitative estimate of drug-likeness (QED) is 0.854. The lowest BCUT2D eigenvalue weighted by atomic mass is 9.85. The maximum absolute atomic E-state index is 6.16. The van der Waals surface area contributed by atoms with Crippen LogP contribution in [0.5, 0.6) is 0 Å². The molecule has 1 heterocycles. The van der Waals surface area contributed by atoms with Gasteiger partial charge in [-0.3, -0.25) is 4.98 Å². The van der Waals surface area contributed by atoms with Crippen molar-refractivity contribution in [1.82, 2.24) is 4.98 Å². The van der Waals surface area contributed by atoms with Gasteiger partial charge in [-0.15, -0.1) is 11.3 Å². The van der Waals surface area contributed by atoms with Crippen LogP contribution in [-0.4, -0.2) is 11.0 Å². The predicted octanol–water partition coefficient (Wildman–Crippen LogP) is 3.37. The topological polar surface area (TPSA) is 38.9 Å². The average Bonchev–Trinajstić information content (AvgIpc) is 2.81. The number of nitrogens with zero attached hydrogens (tertiary/aromatic N) is 1. The lowest BCUT2D eigenvalue weighted by molar-refractivity contribution is 0.323. The molecule has 90 valence electrons. The molecule has 2 N–H and O–H groups in total. The number of thiazole rings is 1. The summed E-state index contributed by atoms with van der Waals surface area (Å²) < 4.78 is 0. The fourth-order valence-electron chi connectivity index (χ4n) is 2.63. The van der Waals surface area contributed by atoms with Crippen LogP contribution in [0.25, 0.3) is 0 Å². The van der Waals surface area contributed by atoms with Crippen molar-refractivity contribution in [3.05, 3.63) is 16.6 Å². The van der Waals surface area contributed by atoms with Gasteiger partial charge in [0.05, 0.1) is 5.51 Å². The largest absolute Gasteiger partial charge is 0.327 e. The third-order valence-corrected chi connectivity index (χ3v) is 4.42. The van der Waals surface area contributed by atoms with Gasteiger partial charge in [0.25, 0.3) is 0 Å². The summed E-state index contributed by atoms with van der Waals surface area (Å²) in [5, 5.41) is 0. The van der Waals surface area contributed by atoms with Crippen LogP contribution < -0.4 is 5.73 Å². The van der Waals surface area contributed by atoms with Gasteiger partial charge in [0.1, 0.15) is 0 Å². The Balaban J connectivity index is 1.65. The maximum Gasteiger partial charge on any atom is 0.0794 e. The van der Waals surface area contributed by atoms with E-state index in [4.69, 9.17) is 5.73 Å². The Morgan fingerprint density at radius 2 is 2.19 bits per heavy atom. The van der Waals surface area contributed by atoms with Crippen molar-refractivity contribution in [3.8, 4) is 0 Å². The molecule has 1 fully saturated rings. The molecule has 1 aliphatic carbocycles. The minimum atomic E-state index is 0.336. The maximum atomic E-state index is 6.16. The minimum absolute atomic E-state index is 0.336. The highest BCUT2D eigenvalue weighted by Crippen LogP contribution is 2.27. The zero-order valence-corrected chi connectivity index (χ0v) is 10.7. The standard InChI is InChI=1S/C13H22N2S/c14-12(8-13-9-15-10-16-13)7-6-11-4-2-1-3-5-11/h9-12H,1-8,14H2. The summed E-state index contributed by atoms with van der Waals surface area (Å²) in [5.74, 6) is 0.960. The van der Waals surface area contributed by atoms with E-state index in [0.29, 0.717) is 6.04 Å². The van der Waals surface area contributed by atoms with Crippen LogP contribution in [0, 0.1) is 5.92 Å². The van der Waals surface area contributed by atoms with Crippen molar-refractivity contribution in [2.75, 3.05) is 0 Å². The van der Waals surface area contributed by atoms with Crippen LogP contribution in [0.3, 0.4) is 0 Å². The van der Waals surface area contributed by atoms with Gasteiger partial charge in [0.15, 0.2) is 0 Å². The summed E-state index contributed by atoms with van der Waals surface area (Å²) in [5.41, 5.74) is 8.05. The number of rotatable bonds is 5. The fourth-order valence-corrected chi connectivity index (χ4v) is 3.32. The molecule has 0 aromatic carbocycles. The Bertz CT molecular complexity index is 278. The molecule has 0 radical (unpaired) electrons. The van der Waals surface area contributed by atoms with Crippen LogP contribution in [0.2, 0.25) is 0 Å². The molecule has 0 bridgehead atoms. The molecule has 0 amide bonds. The van der Waals surface area contributed by atoms with Crippen molar-refractivity contribution < 1.29 is 0 Å². The molecule has 1 aliphatic rings. The first-order valence-electron chi connectivity index (χ1n) is 6.47. The number of hydrogen-bond donors (Lipinski definition) is 1. The normalized spacial score (nSPS) is 19.8. The lowest BCUT2D eigenvalue weighted by Crippen LogP contribution is -2.23. The monoisotopic (exact) mass is 238 g/mol. The summed E-state index contributed by atoms with van der Waals surface area (Å²) in [6, 6.07) is 0.336. The van der Waals surface area contributed by atoms with E-state index in [0.717, 1.165) is 12.3 Å². The molecule has 1 aromatic rings. The zero-order chi connectivity index (χ0) is 11.2. The summed E-state index contributed by atoms with van der Waals surface area (Å²) in [6.45, 7) is 0. The van der Waals surface area contributed by atoms with Crippen molar-refractivity contribution in [2.45, 2.75) is 57.4 Å². The van der Waals surface area contributed by atoms with E-state index in [1.165, 1.54) is 49.8 Å². The van der Waals surface area contributed by atoms with Gasteiger partial charge in [-0.2, -0.15) is 0 Å². The van der Waals surface area contributed by atoms with Crippen LogP contribution >= 0.6 is 11.3 Å². The van der Waals surface area contributed by atoms with Gasteiger partial charge < -0.3 is 5.73 Å². The van der Waals surface area contributed by atoms with E-state index >= 15 is 0 Å². The smallest absolute Gasteiger partial charge is 0.0794 e. The Morgan fingerprint density at radius 1 is 1.38 bits per heavy atom. The molecule has 1 atom stereocenters. The first kappa shape index (κ1) is 12.1. The summed E-state index contributed by atoms with van der Waals surface area (Å²) >= 11 is 1.72. The second-order valence-corrected chi connectivity index (χ2v) is 5.98. The van der Waals surface area contributed by atoms with Crippen molar-refractivity contribution in [2.24, 2.45) is 11.7 Å². The third kappa shape index (κ3) is 3.87. The average molecular weight is 238 g/mol. The molecule has 16 heavy (non-hydrogen) atoms. The van der Waals surface area contributed by atoms with Crippen molar-refractivity contribution in [3.63, 3.8) is 0 Å². The molecule has 1 aromatic heterocycles. The first-order chi connectivity index (χ1) is 7.84. The molecule has 3 heteroatoms. The predicted molar refractivity (Wildman–Crippen MR) is 69.6 cm³/mol. The van der Waals surface area contributed by atoms with Gasteiger partial charge in [0, 0.05) is 17.1 Å². The number of aromatic nitrogens is 1. The Labute approximate surface area is 102 Å². The van der Waals surface area contributed by atoms with Crippen LogP contribution in [0.4, 0.5) is 0 Å². The van der Waals surface area contributed by atoms with E-state index in [1.54, 1.807) is 11.3 Å². The fraction of sp³-hybridized carbons (Fsp3) is 0.769. The van der Waals surface area contributed by atoms with Gasteiger partial charge in [-0.25, -0.2) is 0 Å². The highest BCUT2D eigenvalue weighted by Gasteiger charge is 2.15. The van der Waals surface area contributed by atoms with Gasteiger partial charge >= 0.3 is 0 Å². The number of hydrogen-bond acceptors (Lipinski definition) is 3. The molecular weight excluding hydrogens is 216 g/mol. The Hall–Kier alpha value is -0.410. The van der Waals surface area contributed by atoms with Crippen molar-refractivity contribution >= 4 is 11.3 Å². The van der Waals surface area contributed by atoms with Crippen LogP contribution in [0.1, 0.15) is 49.8 Å². The first-order valence-corrected chi connectivity index (χ1v) is 7.35. The van der Waals surface area contributed by atoms with Crippen LogP contribution in [0.15, 0.2) is 11.7 Å². The van der Waals surface area contributed by atoms with Gasteiger partial charge in [-0.1, -0.05) is 32.1 Å². The Morgan fingerprint density at radius 3 is 2.88 bits per heavy atom. The lowest BCUT2D eigenvalue weighted by Gasteiger charge is -2.22. The summed E-state index contributed by atoms with van der Waals surface area (Å²) in [4.78, 5) is 5.42. The van der Waals surface area contributed by atoms with Crippen LogP contribution in [-0.2, 0) is 6.42 Å². The number of nitrogens with two attached hydrogens (primary N) is 1. The highest BCUT2D eigenvalue weighted by atomic mass is 32.1. The minimum Gasteiger partial charge on any atom is -0.327 e. The third-order valence-electron chi connectivity index (χ3n) is 3.62. The zero-order valence-electron chi connectivity index (χ0n) is 9.90. The van der Waals surface area contributed by atoms with E-state index in [9.17, 15) is 0 Å². The van der Waals surface area contributed by atoms with E-state index in [-0.39, 0.29) is 0 Å². The summed E-state index contributed by atoms with van der Waals surface area (Å²) in [6.07, 6.45) is 12.7. The molecule has 0 saturated heterocycles. The van der Waals surface area contributed by atoms with E-state index in [2.05, 4.69) is 4.98 Å². The molecule has 1 unspecified atom stereocenters. The van der Waals surface area contributed by atoms with E-state index < -0.39 is 0 Å². The van der Waals surface area contributed by atoms with Gasteiger partial charge in [-0.05, 0) is 25.2 Å². The molecule has 1 saturated carbocycles. The highest BCUT2D eigenvalue weighted by molar-refractivity contribution is 7.09. The molecule has 0 aliphatic heterocycles. The SMILES string of the molecule is NC(CCC1CCCCC1)Cc1cncs1. The molecular formula is C13H22N2S. The van der Waals surface area contributed by atoms with Crippen molar-refractivity contribution in [1.29, 1.82) is 0 Å². The second kappa shape index (κ2) is 6.36. The summed E-state index contributed by atoms with van der Waals surface area (Å²) in [7, 11) is 0. The second-order valence-electron chi connectivity index (χ2n) is 5.01. The molecule has 2 rings (SSSR count). The van der Waals surface area contributed by atoms with Gasteiger partial charge in [0.2, 0.25) is 0 Å².